The van der Waals surface area contributed by atoms with Crippen molar-refractivity contribution in [1.82, 2.24) is 14.2 Å². The molecule has 3 aliphatic rings. The van der Waals surface area contributed by atoms with E-state index in [1.165, 1.54) is 62.4 Å². The van der Waals surface area contributed by atoms with Gasteiger partial charge in [-0.15, -0.1) is 0 Å². The van der Waals surface area contributed by atoms with Gasteiger partial charge in [0.25, 0.3) is 0 Å². The number of unbranched alkanes of at least 4 members (excludes halogenated alkanes) is 1. The molecule has 250 valence electrons. The minimum Gasteiger partial charge on any atom is -0.388 e. The normalized spacial score (nSPS) is 21.2. The van der Waals surface area contributed by atoms with Crippen LogP contribution in [0.25, 0.3) is 0 Å². The quantitative estimate of drug-likeness (QED) is 0.411. The Balaban J connectivity index is 0.000000657. The lowest BCUT2D eigenvalue weighted by molar-refractivity contribution is -0.139. The molecule has 3 saturated heterocycles. The van der Waals surface area contributed by atoms with Gasteiger partial charge in [0.2, 0.25) is 0 Å². The summed E-state index contributed by atoms with van der Waals surface area (Å²) in [4.78, 5) is 31.5. The van der Waals surface area contributed by atoms with Crippen LogP contribution in [0.3, 0.4) is 0 Å². The number of alkyl halides is 3. The van der Waals surface area contributed by atoms with E-state index in [4.69, 9.17) is 9.59 Å². The fraction of sp³-hybridized carbons (Fsp3) is 0.594. The number of methoxy groups -OCH3 is 1. The lowest BCUT2D eigenvalue weighted by Gasteiger charge is -2.30. The number of nitrogens with zero attached hydrogens (tertiary/aromatic N) is 2. The first-order chi connectivity index (χ1) is 21.1. The fourth-order valence-corrected chi connectivity index (χ4v) is 7.08. The Labute approximate surface area is 263 Å². The van der Waals surface area contributed by atoms with Gasteiger partial charge < -0.3 is 24.2 Å². The zero-order chi connectivity index (χ0) is 33.5. The van der Waals surface area contributed by atoms with Crippen molar-refractivity contribution in [2.75, 3.05) is 27.8 Å². The largest absolute Gasteiger partial charge is 0.417 e. The van der Waals surface area contributed by atoms with Crippen LogP contribution in [-0.4, -0.2) is 77.9 Å². The first kappa shape index (κ1) is 41.3. The number of ether oxygens (including phenoxy) is 1. The molecule has 3 unspecified atom stereocenters. The van der Waals surface area contributed by atoms with Crippen molar-refractivity contribution in [2.24, 2.45) is 0 Å². The SMILES string of the molecule is C=O.C=O.CCCCC1CCCN1S(=O)c1ccccc1C(F)(F)F.CN1C2CCC[C@@H]1CC2.COC.O=c1cc[nH]cc1. The van der Waals surface area contributed by atoms with Crippen molar-refractivity contribution >= 4 is 24.6 Å². The van der Waals surface area contributed by atoms with Crippen LogP contribution >= 0.6 is 0 Å². The van der Waals surface area contributed by atoms with Gasteiger partial charge in [0.1, 0.15) is 24.6 Å². The highest BCUT2D eigenvalue weighted by molar-refractivity contribution is 7.82. The maximum Gasteiger partial charge on any atom is 0.417 e. The van der Waals surface area contributed by atoms with Crippen molar-refractivity contribution in [3.05, 3.63) is 64.6 Å². The highest BCUT2D eigenvalue weighted by Gasteiger charge is 2.38. The Morgan fingerprint density at radius 3 is 1.93 bits per heavy atom. The minimum absolute atomic E-state index is 0.0405. The second-order valence-electron chi connectivity index (χ2n) is 10.4. The van der Waals surface area contributed by atoms with E-state index >= 15 is 0 Å². The molecule has 0 spiro atoms. The number of carbonyl (C=O) groups is 2. The molecule has 0 amide bonds. The van der Waals surface area contributed by atoms with Crippen molar-refractivity contribution in [1.29, 1.82) is 0 Å². The summed E-state index contributed by atoms with van der Waals surface area (Å²) in [7, 11) is 3.81. The highest BCUT2D eigenvalue weighted by Crippen LogP contribution is 2.36. The molecule has 5 rings (SSSR count). The molecule has 8 nitrogen and oxygen atoms in total. The predicted octanol–water partition coefficient (Wildman–Crippen LogP) is 6.28. The number of aromatic amines is 1. The average Bonchev–Trinajstić information content (AvgIpc) is 3.56. The Morgan fingerprint density at radius 2 is 1.48 bits per heavy atom. The Kier molecular flexibility index (Phi) is 22.2. The number of piperidine rings is 1. The van der Waals surface area contributed by atoms with Crippen LogP contribution in [0.1, 0.15) is 76.7 Å². The average molecular weight is 646 g/mol. The van der Waals surface area contributed by atoms with Crippen molar-refractivity contribution < 1.29 is 31.7 Å². The molecule has 0 saturated carbocycles. The van der Waals surface area contributed by atoms with Gasteiger partial charge in [-0.05, 0) is 64.1 Å². The number of hydrogen-bond acceptors (Lipinski definition) is 6. The van der Waals surface area contributed by atoms with Crippen LogP contribution in [0.5, 0.6) is 0 Å². The summed E-state index contributed by atoms with van der Waals surface area (Å²) in [5.41, 5.74) is -0.747. The van der Waals surface area contributed by atoms with E-state index in [9.17, 15) is 22.2 Å². The van der Waals surface area contributed by atoms with Crippen LogP contribution < -0.4 is 5.43 Å². The molecule has 4 heterocycles. The van der Waals surface area contributed by atoms with E-state index in [0.29, 0.717) is 6.54 Å². The molecular weight excluding hydrogens is 595 g/mol. The summed E-state index contributed by atoms with van der Waals surface area (Å²) in [6, 6.07) is 10.2. The molecule has 44 heavy (non-hydrogen) atoms. The zero-order valence-electron chi connectivity index (χ0n) is 26.5. The molecule has 0 aliphatic carbocycles. The number of carbonyl (C=O) groups excluding carboxylic acids is 2. The second-order valence-corrected chi connectivity index (χ2v) is 11.9. The number of benzene rings is 1. The molecule has 4 atom stereocenters. The van der Waals surface area contributed by atoms with Gasteiger partial charge in [-0.1, -0.05) is 38.3 Å². The smallest absolute Gasteiger partial charge is 0.388 e. The summed E-state index contributed by atoms with van der Waals surface area (Å²) < 4.78 is 57.7. The van der Waals surface area contributed by atoms with Crippen LogP contribution in [0.2, 0.25) is 0 Å². The molecule has 2 aromatic rings. The third kappa shape index (κ3) is 14.4. The topological polar surface area (TPSA) is 99.8 Å². The Hall–Kier alpha value is -2.67. The molecule has 3 aliphatic heterocycles. The first-order valence-electron chi connectivity index (χ1n) is 14.8. The Bertz CT molecular complexity index is 1070. The monoisotopic (exact) mass is 645 g/mol. The van der Waals surface area contributed by atoms with Gasteiger partial charge in [0.15, 0.2) is 5.43 Å². The summed E-state index contributed by atoms with van der Waals surface area (Å²) in [5, 5.41) is 0. The number of H-pyrrole nitrogens is 1. The minimum atomic E-state index is -4.47. The number of nitrogens with one attached hydrogen (secondary N) is 1. The van der Waals surface area contributed by atoms with E-state index < -0.39 is 22.7 Å². The summed E-state index contributed by atoms with van der Waals surface area (Å²) in [5.74, 6) is 0. The maximum atomic E-state index is 13.0. The van der Waals surface area contributed by atoms with Crippen LogP contribution in [-0.2, 0) is 31.5 Å². The molecular formula is C32H50F3N3O5S. The number of rotatable bonds is 5. The summed E-state index contributed by atoms with van der Waals surface area (Å²) in [6.45, 7) is 6.68. The summed E-state index contributed by atoms with van der Waals surface area (Å²) in [6.07, 6.45) is 10.9. The van der Waals surface area contributed by atoms with E-state index in [1.54, 1.807) is 30.9 Å². The molecule has 12 heteroatoms. The highest BCUT2D eigenvalue weighted by atomic mass is 32.2. The number of pyridine rings is 1. The summed E-state index contributed by atoms with van der Waals surface area (Å²) >= 11 is 0. The van der Waals surface area contributed by atoms with E-state index in [2.05, 4.69) is 28.6 Å². The molecule has 3 fully saturated rings. The molecule has 1 aromatic heterocycles. The van der Waals surface area contributed by atoms with Crippen LogP contribution in [0.4, 0.5) is 13.2 Å². The lowest BCUT2D eigenvalue weighted by atomic mass is 10.0. The van der Waals surface area contributed by atoms with E-state index in [1.807, 2.05) is 13.6 Å². The lowest BCUT2D eigenvalue weighted by Crippen LogP contribution is -2.35. The van der Waals surface area contributed by atoms with Crippen LogP contribution in [0, 0.1) is 0 Å². The van der Waals surface area contributed by atoms with Crippen molar-refractivity contribution in [2.45, 2.75) is 100 Å². The van der Waals surface area contributed by atoms with Gasteiger partial charge >= 0.3 is 6.18 Å². The maximum absolute atomic E-state index is 13.0. The van der Waals surface area contributed by atoms with Gasteiger partial charge in [-0.2, -0.15) is 13.2 Å². The number of aromatic nitrogens is 1. The van der Waals surface area contributed by atoms with Crippen LogP contribution in [0.15, 0.2) is 58.5 Å². The first-order valence-corrected chi connectivity index (χ1v) is 15.9. The number of fused-ring (bicyclic) bond motifs is 2. The third-order valence-electron chi connectivity index (χ3n) is 7.55. The molecule has 0 radical (unpaired) electrons. The molecule has 1 aromatic carbocycles. The molecule has 1 N–H and O–H groups in total. The van der Waals surface area contributed by atoms with Crippen molar-refractivity contribution in [3.63, 3.8) is 0 Å². The van der Waals surface area contributed by atoms with Gasteiger partial charge in [0, 0.05) is 63.4 Å². The number of halogens is 3. The predicted molar refractivity (Wildman–Crippen MR) is 170 cm³/mol. The van der Waals surface area contributed by atoms with Gasteiger partial charge in [-0.3, -0.25) is 4.79 Å². The Morgan fingerprint density at radius 1 is 0.932 bits per heavy atom. The van der Waals surface area contributed by atoms with E-state index in [-0.39, 0.29) is 16.4 Å². The van der Waals surface area contributed by atoms with E-state index in [0.717, 1.165) is 50.3 Å². The zero-order valence-corrected chi connectivity index (χ0v) is 27.3. The second kappa shape index (κ2) is 23.7. The fourth-order valence-electron chi connectivity index (χ4n) is 5.48. The third-order valence-corrected chi connectivity index (χ3v) is 9.19. The molecule has 2 bridgehead atoms. The van der Waals surface area contributed by atoms with Gasteiger partial charge in [-0.25, -0.2) is 8.51 Å². The number of hydrogen-bond donors (Lipinski definition) is 1. The van der Waals surface area contributed by atoms with Gasteiger partial charge in [0.05, 0.1) is 10.5 Å². The van der Waals surface area contributed by atoms with Crippen molar-refractivity contribution in [3.8, 4) is 0 Å². The standard InChI is InChI=1S/C15H20F3NOS.C8H15N.C5H5NO.C2H6O.2CH2O/c1-2-3-7-12-8-6-11-19(12)21(20)14-10-5-4-9-13(14)15(16,17)18;1-9-7-3-2-4-8(9)6-5-7;7-5-1-3-6-4-2-5;1-3-2;2*1-2/h4-5,9-10,12H,2-3,6-8,11H2,1H3;7-8H,2-6H2,1H3;1-4H,(H,6,7);1-2H3;2*1H2/t;7-,8?;;;;/m.1..../s1.